The number of fused-ring (bicyclic) bond motifs is 1. The van der Waals surface area contributed by atoms with Crippen LogP contribution in [0.1, 0.15) is 51.6 Å². The van der Waals surface area contributed by atoms with Gasteiger partial charge >= 0.3 is 5.97 Å². The van der Waals surface area contributed by atoms with Crippen molar-refractivity contribution in [3.05, 3.63) is 32.4 Å². The maximum atomic E-state index is 12.5. The van der Waals surface area contributed by atoms with Gasteiger partial charge in [0, 0.05) is 18.1 Å². The molecule has 150 valence electrons. The highest BCUT2D eigenvalue weighted by Crippen LogP contribution is 2.40. The van der Waals surface area contributed by atoms with Gasteiger partial charge in [0.15, 0.2) is 10.8 Å². The van der Waals surface area contributed by atoms with Gasteiger partial charge in [-0.15, -0.1) is 11.3 Å². The molecule has 28 heavy (non-hydrogen) atoms. The minimum atomic E-state index is -0.433. The summed E-state index contributed by atoms with van der Waals surface area (Å²) in [5.41, 5.74) is 1.80. The molecule has 7 nitrogen and oxygen atoms in total. The van der Waals surface area contributed by atoms with E-state index < -0.39 is 5.91 Å². The number of carbonyl (C=O) groups excluding carboxylic acids is 2. The molecule has 1 aliphatic rings. The zero-order valence-electron chi connectivity index (χ0n) is 15.8. The van der Waals surface area contributed by atoms with E-state index in [0.717, 1.165) is 24.8 Å². The highest BCUT2D eigenvalue weighted by Gasteiger charge is 2.29. The average Bonchev–Trinajstić information content (AvgIpc) is 3.13. The predicted molar refractivity (Wildman–Crippen MR) is 116 cm³/mol. The van der Waals surface area contributed by atoms with E-state index in [1.54, 1.807) is 20.2 Å². The molecule has 0 radical (unpaired) electrons. The van der Waals surface area contributed by atoms with Crippen molar-refractivity contribution in [2.45, 2.75) is 33.1 Å². The van der Waals surface area contributed by atoms with E-state index in [0.29, 0.717) is 27.6 Å². The van der Waals surface area contributed by atoms with Gasteiger partial charge in [-0.1, -0.05) is 6.92 Å². The first-order chi connectivity index (χ1) is 13.3. The Morgan fingerprint density at radius 3 is 2.89 bits per heavy atom. The smallest absolute Gasteiger partial charge is 0.341 e. The van der Waals surface area contributed by atoms with Crippen molar-refractivity contribution < 1.29 is 14.3 Å². The number of rotatable bonds is 4. The molecule has 1 atom stereocenters. The summed E-state index contributed by atoms with van der Waals surface area (Å²) in [5, 5.41) is 10.5. The summed E-state index contributed by atoms with van der Waals surface area (Å²) >= 11 is 10.1. The SMILES string of the molecule is CCOC(=O)c1c(NC(=S)NC(=O)c2nn(C)cc2Br)sc2c1CC[C@@H](C)C2. The fraction of sp³-hybridized carbons (Fsp3) is 0.444. The highest BCUT2D eigenvalue weighted by atomic mass is 79.9. The van der Waals surface area contributed by atoms with Gasteiger partial charge in [-0.3, -0.25) is 14.8 Å². The summed E-state index contributed by atoms with van der Waals surface area (Å²) in [6, 6.07) is 0. The molecule has 2 aromatic rings. The van der Waals surface area contributed by atoms with Crippen LogP contribution in [-0.4, -0.2) is 33.4 Å². The first-order valence-corrected chi connectivity index (χ1v) is 10.9. The Hall–Kier alpha value is -1.78. The van der Waals surface area contributed by atoms with Gasteiger partial charge in [-0.2, -0.15) is 5.10 Å². The number of halogens is 1. The van der Waals surface area contributed by atoms with Gasteiger partial charge < -0.3 is 10.1 Å². The monoisotopic (exact) mass is 484 g/mol. The fourth-order valence-corrected chi connectivity index (χ4v) is 5.39. The van der Waals surface area contributed by atoms with Crippen LogP contribution < -0.4 is 10.6 Å². The molecular formula is C18H21BrN4O3S2. The molecule has 0 spiro atoms. The van der Waals surface area contributed by atoms with Crippen molar-refractivity contribution >= 4 is 61.5 Å². The van der Waals surface area contributed by atoms with E-state index in [1.807, 2.05) is 0 Å². The molecule has 1 amide bonds. The molecular weight excluding hydrogens is 464 g/mol. The molecule has 0 saturated heterocycles. The quantitative estimate of drug-likeness (QED) is 0.508. The topological polar surface area (TPSA) is 85.2 Å². The molecule has 2 aromatic heterocycles. The second kappa shape index (κ2) is 8.71. The van der Waals surface area contributed by atoms with Crippen molar-refractivity contribution in [1.82, 2.24) is 15.1 Å². The lowest BCUT2D eigenvalue weighted by Gasteiger charge is -2.18. The Balaban J connectivity index is 1.81. The maximum Gasteiger partial charge on any atom is 0.341 e. The molecule has 2 heterocycles. The number of esters is 1. The van der Waals surface area contributed by atoms with Gasteiger partial charge in [-0.05, 0) is 65.8 Å². The normalized spacial score (nSPS) is 15.6. The summed E-state index contributed by atoms with van der Waals surface area (Å²) in [5.74, 6) is -0.224. The molecule has 1 aliphatic carbocycles. The molecule has 0 aliphatic heterocycles. The largest absolute Gasteiger partial charge is 0.462 e. The number of nitrogens with zero attached hydrogens (tertiary/aromatic N) is 2. The number of carbonyl (C=O) groups is 2. The van der Waals surface area contributed by atoms with Gasteiger partial charge in [0.25, 0.3) is 5.91 Å². The molecule has 0 saturated carbocycles. The Morgan fingerprint density at radius 2 is 2.25 bits per heavy atom. The molecule has 3 rings (SSSR count). The number of amides is 1. The summed E-state index contributed by atoms with van der Waals surface area (Å²) in [6.07, 6.45) is 4.47. The van der Waals surface area contributed by atoms with E-state index in [9.17, 15) is 9.59 Å². The fourth-order valence-electron chi connectivity index (χ4n) is 3.17. The van der Waals surface area contributed by atoms with E-state index in [4.69, 9.17) is 17.0 Å². The van der Waals surface area contributed by atoms with Crippen LogP contribution in [0.25, 0.3) is 0 Å². The van der Waals surface area contributed by atoms with Gasteiger partial charge in [0.2, 0.25) is 0 Å². The van der Waals surface area contributed by atoms with Crippen LogP contribution in [0.4, 0.5) is 5.00 Å². The number of hydrogen-bond acceptors (Lipinski definition) is 6. The highest BCUT2D eigenvalue weighted by molar-refractivity contribution is 9.10. The number of thiophene rings is 1. The first-order valence-electron chi connectivity index (χ1n) is 8.93. The van der Waals surface area contributed by atoms with Crippen LogP contribution in [0.15, 0.2) is 10.7 Å². The van der Waals surface area contributed by atoms with Crippen LogP contribution in [0.2, 0.25) is 0 Å². The van der Waals surface area contributed by atoms with E-state index in [2.05, 4.69) is 38.6 Å². The molecule has 0 fully saturated rings. The molecule has 2 N–H and O–H groups in total. The van der Waals surface area contributed by atoms with Crippen LogP contribution in [-0.2, 0) is 24.6 Å². The number of ether oxygens (including phenoxy) is 1. The summed E-state index contributed by atoms with van der Waals surface area (Å²) < 4.78 is 7.35. The predicted octanol–water partition coefficient (Wildman–Crippen LogP) is 3.67. The third kappa shape index (κ3) is 4.44. The zero-order chi connectivity index (χ0) is 20.4. The van der Waals surface area contributed by atoms with Crippen LogP contribution in [0.5, 0.6) is 0 Å². The summed E-state index contributed by atoms with van der Waals surface area (Å²) in [7, 11) is 1.72. The second-order valence-electron chi connectivity index (χ2n) is 6.68. The first kappa shape index (κ1) is 20.9. The molecule has 10 heteroatoms. The summed E-state index contributed by atoms with van der Waals surface area (Å²) in [6.45, 7) is 4.28. The lowest BCUT2D eigenvalue weighted by molar-refractivity contribution is 0.0526. The van der Waals surface area contributed by atoms with Gasteiger partial charge in [-0.25, -0.2) is 4.79 Å². The number of hydrogen-bond donors (Lipinski definition) is 2. The van der Waals surface area contributed by atoms with Gasteiger partial charge in [0.05, 0.1) is 16.6 Å². The number of aromatic nitrogens is 2. The van der Waals surface area contributed by atoms with E-state index >= 15 is 0 Å². The van der Waals surface area contributed by atoms with Gasteiger partial charge in [0.1, 0.15) is 5.00 Å². The molecule has 0 bridgehead atoms. The number of nitrogens with one attached hydrogen (secondary N) is 2. The Kier molecular flexibility index (Phi) is 6.51. The van der Waals surface area contributed by atoms with E-state index in [-0.39, 0.29) is 16.8 Å². The molecule has 0 unspecified atom stereocenters. The van der Waals surface area contributed by atoms with Crippen LogP contribution in [0.3, 0.4) is 0 Å². The van der Waals surface area contributed by atoms with Crippen LogP contribution >= 0.6 is 39.5 Å². The Bertz CT molecular complexity index is 938. The minimum absolute atomic E-state index is 0.111. The number of aryl methyl sites for hydroxylation is 1. The summed E-state index contributed by atoms with van der Waals surface area (Å²) in [4.78, 5) is 26.1. The zero-order valence-corrected chi connectivity index (χ0v) is 19.0. The van der Waals surface area contributed by atoms with Crippen molar-refractivity contribution in [2.24, 2.45) is 13.0 Å². The number of thiocarbonyl (C=S) groups is 1. The third-order valence-electron chi connectivity index (χ3n) is 4.44. The van der Waals surface area contributed by atoms with Crippen molar-refractivity contribution in [2.75, 3.05) is 11.9 Å². The van der Waals surface area contributed by atoms with E-state index in [1.165, 1.54) is 20.9 Å². The number of anilines is 1. The average molecular weight is 485 g/mol. The van der Waals surface area contributed by atoms with Crippen LogP contribution in [0, 0.1) is 5.92 Å². The Morgan fingerprint density at radius 1 is 1.50 bits per heavy atom. The standard InChI is InChI=1S/C18H21BrN4O3S2/c1-4-26-17(25)13-10-6-5-9(2)7-12(10)28-16(13)21-18(27)20-15(24)14-11(19)8-23(3)22-14/h8-9H,4-7H2,1-3H3,(H2,20,21,24,27)/t9-/m1/s1. The Labute approximate surface area is 181 Å². The third-order valence-corrected chi connectivity index (χ3v) is 6.40. The van der Waals surface area contributed by atoms with Crippen molar-refractivity contribution in [3.63, 3.8) is 0 Å². The minimum Gasteiger partial charge on any atom is -0.462 e. The lowest BCUT2D eigenvalue weighted by atomic mass is 9.88. The maximum absolute atomic E-state index is 12.5. The lowest BCUT2D eigenvalue weighted by Crippen LogP contribution is -2.34. The molecule has 0 aromatic carbocycles. The van der Waals surface area contributed by atoms with Crippen molar-refractivity contribution in [1.29, 1.82) is 0 Å². The second-order valence-corrected chi connectivity index (χ2v) is 9.05. The van der Waals surface area contributed by atoms with Crippen molar-refractivity contribution in [3.8, 4) is 0 Å².